The minimum atomic E-state index is -0.341. The van der Waals surface area contributed by atoms with Crippen molar-refractivity contribution < 1.29 is 9.13 Å². The monoisotopic (exact) mass is 344 g/mol. The molecule has 1 aliphatic rings. The van der Waals surface area contributed by atoms with E-state index in [9.17, 15) is 4.39 Å². The Morgan fingerprint density at radius 1 is 1.25 bits per heavy atom. The number of hydrogen-bond donors (Lipinski definition) is 1. The molecule has 0 bridgehead atoms. The van der Waals surface area contributed by atoms with Gasteiger partial charge in [0.05, 0.1) is 23.4 Å². The third-order valence-corrected chi connectivity index (χ3v) is 5.10. The van der Waals surface area contributed by atoms with Gasteiger partial charge in [0.25, 0.3) is 0 Å². The summed E-state index contributed by atoms with van der Waals surface area (Å²) in [5.74, 6) is 1.05. The lowest BCUT2D eigenvalue weighted by atomic mass is 10.1. The van der Waals surface area contributed by atoms with Gasteiger partial charge in [-0.05, 0) is 36.1 Å². The number of hydrogen-bond acceptors (Lipinski definition) is 6. The van der Waals surface area contributed by atoms with E-state index < -0.39 is 0 Å². The number of fused-ring (bicyclic) bond motifs is 1. The van der Waals surface area contributed by atoms with Crippen LogP contribution in [0.25, 0.3) is 21.6 Å². The van der Waals surface area contributed by atoms with Crippen LogP contribution in [-0.4, -0.2) is 36.3 Å². The molecule has 0 amide bonds. The average Bonchev–Trinajstić information content (AvgIpc) is 3.06. The van der Waals surface area contributed by atoms with Crippen molar-refractivity contribution in [2.24, 2.45) is 0 Å². The van der Waals surface area contributed by atoms with Gasteiger partial charge in [-0.3, -0.25) is 0 Å². The minimum Gasteiger partial charge on any atom is -0.399 e. The maximum atomic E-state index is 14.1. The molecule has 0 saturated carbocycles. The van der Waals surface area contributed by atoms with Crippen molar-refractivity contribution in [1.82, 2.24) is 9.97 Å². The van der Waals surface area contributed by atoms with Gasteiger partial charge in [0, 0.05) is 24.3 Å². The summed E-state index contributed by atoms with van der Waals surface area (Å²) in [6.45, 7) is 4.65. The Morgan fingerprint density at radius 2 is 2.04 bits per heavy atom. The largest absolute Gasteiger partial charge is 0.399 e. The molecule has 3 aromatic rings. The maximum absolute atomic E-state index is 14.1. The molecular formula is C17H17FN4OS. The highest BCUT2D eigenvalue weighted by Gasteiger charge is 2.20. The number of morpholine rings is 1. The first-order chi connectivity index (χ1) is 11.6. The number of halogens is 1. The quantitative estimate of drug-likeness (QED) is 0.723. The van der Waals surface area contributed by atoms with E-state index in [-0.39, 0.29) is 5.82 Å². The SMILES string of the molecule is Cc1c(F)cc(N)cc1-c1nc(N2CCOCC2)c2sccc2n1. The van der Waals surface area contributed by atoms with Gasteiger partial charge >= 0.3 is 0 Å². The highest BCUT2D eigenvalue weighted by Crippen LogP contribution is 2.33. The second-order valence-corrected chi connectivity index (χ2v) is 6.70. The molecule has 0 radical (unpaired) electrons. The highest BCUT2D eigenvalue weighted by molar-refractivity contribution is 7.17. The molecule has 5 nitrogen and oxygen atoms in total. The lowest BCUT2D eigenvalue weighted by Gasteiger charge is -2.28. The second kappa shape index (κ2) is 5.99. The molecule has 1 aliphatic heterocycles. The van der Waals surface area contributed by atoms with Crippen molar-refractivity contribution in [3.63, 3.8) is 0 Å². The first-order valence-corrected chi connectivity index (χ1v) is 8.65. The topological polar surface area (TPSA) is 64.3 Å². The van der Waals surface area contributed by atoms with Crippen molar-refractivity contribution >= 4 is 33.1 Å². The molecule has 0 aliphatic carbocycles. The van der Waals surface area contributed by atoms with E-state index in [0.717, 1.165) is 29.1 Å². The number of nitrogens with zero attached hydrogens (tertiary/aromatic N) is 3. The normalized spacial score (nSPS) is 15.2. The summed E-state index contributed by atoms with van der Waals surface area (Å²) >= 11 is 1.62. The van der Waals surface area contributed by atoms with Gasteiger partial charge in [-0.15, -0.1) is 11.3 Å². The van der Waals surface area contributed by atoms with Gasteiger partial charge in [-0.25, -0.2) is 14.4 Å². The standard InChI is InChI=1S/C17H17FN4OS/c1-10-12(8-11(19)9-13(10)18)16-20-14-2-7-24-15(14)17(21-16)22-3-5-23-6-4-22/h2,7-9H,3-6,19H2,1H3. The number of benzene rings is 1. The molecular weight excluding hydrogens is 327 g/mol. The Morgan fingerprint density at radius 3 is 2.83 bits per heavy atom. The van der Waals surface area contributed by atoms with E-state index in [1.807, 2.05) is 11.4 Å². The molecule has 7 heteroatoms. The van der Waals surface area contributed by atoms with E-state index >= 15 is 0 Å². The van der Waals surface area contributed by atoms with Crippen LogP contribution in [0.5, 0.6) is 0 Å². The van der Waals surface area contributed by atoms with Gasteiger partial charge < -0.3 is 15.4 Å². The van der Waals surface area contributed by atoms with Crippen molar-refractivity contribution in [2.45, 2.75) is 6.92 Å². The zero-order valence-corrected chi connectivity index (χ0v) is 14.1. The molecule has 4 rings (SSSR count). The summed E-state index contributed by atoms with van der Waals surface area (Å²) in [6, 6.07) is 5.02. The molecule has 0 atom stereocenters. The van der Waals surface area contributed by atoms with Crippen LogP contribution in [0.15, 0.2) is 23.6 Å². The third kappa shape index (κ3) is 2.59. The fourth-order valence-corrected chi connectivity index (χ4v) is 3.74. The molecule has 1 fully saturated rings. The van der Waals surface area contributed by atoms with E-state index in [2.05, 4.69) is 9.88 Å². The van der Waals surface area contributed by atoms with Crippen molar-refractivity contribution in [2.75, 3.05) is 36.9 Å². The highest BCUT2D eigenvalue weighted by atomic mass is 32.1. The Labute approximate surface area is 142 Å². The number of ether oxygens (including phenoxy) is 1. The first-order valence-electron chi connectivity index (χ1n) is 7.77. The van der Waals surface area contributed by atoms with Crippen molar-refractivity contribution in [3.8, 4) is 11.4 Å². The molecule has 2 N–H and O–H groups in total. The number of nitrogens with two attached hydrogens (primary N) is 1. The summed E-state index contributed by atoms with van der Waals surface area (Å²) in [5, 5.41) is 2.00. The Balaban J connectivity index is 1.91. The van der Waals surface area contributed by atoms with E-state index in [4.69, 9.17) is 15.5 Å². The number of nitrogen functional groups attached to an aromatic ring is 1. The van der Waals surface area contributed by atoms with Gasteiger partial charge in [0.1, 0.15) is 5.82 Å². The average molecular weight is 344 g/mol. The smallest absolute Gasteiger partial charge is 0.162 e. The van der Waals surface area contributed by atoms with Gasteiger partial charge in [-0.2, -0.15) is 0 Å². The van der Waals surface area contributed by atoms with E-state index in [1.165, 1.54) is 6.07 Å². The lowest BCUT2D eigenvalue weighted by Crippen LogP contribution is -2.36. The van der Waals surface area contributed by atoms with Crippen LogP contribution in [0.2, 0.25) is 0 Å². The van der Waals surface area contributed by atoms with Crippen LogP contribution in [0.3, 0.4) is 0 Å². The van der Waals surface area contributed by atoms with Crippen molar-refractivity contribution in [1.29, 1.82) is 0 Å². The molecule has 1 aromatic carbocycles. The van der Waals surface area contributed by atoms with Gasteiger partial charge in [0.2, 0.25) is 0 Å². The third-order valence-electron chi connectivity index (χ3n) is 4.20. The summed E-state index contributed by atoms with van der Waals surface area (Å²) in [4.78, 5) is 11.6. The maximum Gasteiger partial charge on any atom is 0.162 e. The van der Waals surface area contributed by atoms with Crippen LogP contribution in [0.4, 0.5) is 15.9 Å². The predicted octanol–water partition coefficient (Wildman–Crippen LogP) is 3.22. The van der Waals surface area contributed by atoms with Crippen LogP contribution in [0.1, 0.15) is 5.56 Å². The summed E-state index contributed by atoms with van der Waals surface area (Å²) in [5.41, 5.74) is 8.20. The van der Waals surface area contributed by atoms with E-state index in [0.29, 0.717) is 35.9 Å². The molecule has 24 heavy (non-hydrogen) atoms. The van der Waals surface area contributed by atoms with Crippen LogP contribution in [-0.2, 0) is 4.74 Å². The second-order valence-electron chi connectivity index (χ2n) is 5.78. The fraction of sp³-hybridized carbons (Fsp3) is 0.294. The Hall–Kier alpha value is -2.25. The fourth-order valence-electron chi connectivity index (χ4n) is 2.89. The summed E-state index contributed by atoms with van der Waals surface area (Å²) in [7, 11) is 0. The molecule has 0 spiro atoms. The molecule has 1 saturated heterocycles. The summed E-state index contributed by atoms with van der Waals surface area (Å²) < 4.78 is 20.6. The zero-order chi connectivity index (χ0) is 16.7. The Kier molecular flexibility index (Phi) is 3.82. The number of rotatable bonds is 2. The van der Waals surface area contributed by atoms with Crippen LogP contribution >= 0.6 is 11.3 Å². The summed E-state index contributed by atoms with van der Waals surface area (Å²) in [6.07, 6.45) is 0. The van der Waals surface area contributed by atoms with Gasteiger partial charge in [0.15, 0.2) is 11.6 Å². The van der Waals surface area contributed by atoms with Crippen molar-refractivity contribution in [3.05, 3.63) is 35.0 Å². The van der Waals surface area contributed by atoms with Crippen LogP contribution < -0.4 is 10.6 Å². The minimum absolute atomic E-state index is 0.341. The first kappa shape index (κ1) is 15.3. The van der Waals surface area contributed by atoms with Gasteiger partial charge in [-0.1, -0.05) is 0 Å². The molecule has 124 valence electrons. The lowest BCUT2D eigenvalue weighted by molar-refractivity contribution is 0.122. The van der Waals surface area contributed by atoms with E-state index in [1.54, 1.807) is 24.3 Å². The molecule has 3 heterocycles. The Bertz CT molecular complexity index is 905. The zero-order valence-electron chi connectivity index (χ0n) is 13.3. The number of anilines is 2. The molecule has 2 aromatic heterocycles. The van der Waals surface area contributed by atoms with Crippen LogP contribution in [0, 0.1) is 12.7 Å². The predicted molar refractivity (Wildman–Crippen MR) is 95.0 cm³/mol. The number of thiophene rings is 1. The molecule has 0 unspecified atom stereocenters. The number of aromatic nitrogens is 2.